The number of hydrogen-bond acceptors (Lipinski definition) is 2. The van der Waals surface area contributed by atoms with Gasteiger partial charge in [0.1, 0.15) is 6.10 Å². The van der Waals surface area contributed by atoms with Gasteiger partial charge < -0.3 is 5.11 Å². The molecule has 1 unspecified atom stereocenters. The molecular weight excluding hydrogens is 364 g/mol. The van der Waals surface area contributed by atoms with Crippen LogP contribution < -0.4 is 0 Å². The Hall–Kier alpha value is -0.160. The molecule has 4 heteroatoms. The van der Waals surface area contributed by atoms with Gasteiger partial charge in [0.05, 0.1) is 3.79 Å². The fourth-order valence-electron chi connectivity index (χ4n) is 1.78. The van der Waals surface area contributed by atoms with Crippen molar-refractivity contribution in [2.24, 2.45) is 0 Å². The molecule has 0 bridgehead atoms. The van der Waals surface area contributed by atoms with Gasteiger partial charge in [0.2, 0.25) is 0 Å². The van der Waals surface area contributed by atoms with E-state index < -0.39 is 6.10 Å². The van der Waals surface area contributed by atoms with Crippen molar-refractivity contribution < 1.29 is 5.11 Å². The van der Waals surface area contributed by atoms with Crippen LogP contribution in [0.25, 0.3) is 0 Å². The summed E-state index contributed by atoms with van der Waals surface area (Å²) in [4.78, 5) is 0.940. The fraction of sp³-hybridized carbons (Fsp3) is 0.231. The van der Waals surface area contributed by atoms with Gasteiger partial charge in [-0.2, -0.15) is 0 Å². The Bertz CT molecular complexity index is 529. The van der Waals surface area contributed by atoms with Crippen LogP contribution in [0.5, 0.6) is 0 Å². The number of aryl methyl sites for hydroxylation is 2. The minimum atomic E-state index is -0.553. The van der Waals surface area contributed by atoms with Gasteiger partial charge in [-0.1, -0.05) is 23.8 Å². The SMILES string of the molecule is Cc1ccc(C(O)c2cc(Br)c(Br)s2)c(C)c1. The number of benzene rings is 1. The highest BCUT2D eigenvalue weighted by Gasteiger charge is 2.16. The summed E-state index contributed by atoms with van der Waals surface area (Å²) in [6.45, 7) is 4.09. The normalized spacial score (nSPS) is 12.8. The van der Waals surface area contributed by atoms with Crippen LogP contribution >= 0.6 is 43.2 Å². The molecule has 2 aromatic rings. The van der Waals surface area contributed by atoms with Crippen molar-refractivity contribution in [1.29, 1.82) is 0 Å². The van der Waals surface area contributed by atoms with Crippen molar-refractivity contribution in [2.45, 2.75) is 20.0 Å². The highest BCUT2D eigenvalue weighted by molar-refractivity contribution is 9.13. The number of rotatable bonds is 2. The molecule has 0 amide bonds. The molecule has 1 heterocycles. The van der Waals surface area contributed by atoms with E-state index in [4.69, 9.17) is 0 Å². The first-order chi connectivity index (χ1) is 7.99. The van der Waals surface area contributed by atoms with Crippen molar-refractivity contribution in [3.63, 3.8) is 0 Å². The van der Waals surface area contributed by atoms with Gasteiger partial charge >= 0.3 is 0 Å². The van der Waals surface area contributed by atoms with Gasteiger partial charge in [-0.05, 0) is 62.9 Å². The third-order valence-corrected chi connectivity index (χ3v) is 5.96. The summed E-state index contributed by atoms with van der Waals surface area (Å²) in [5, 5.41) is 10.4. The molecule has 0 aliphatic carbocycles. The highest BCUT2D eigenvalue weighted by atomic mass is 79.9. The summed E-state index contributed by atoms with van der Waals surface area (Å²) < 4.78 is 2.00. The van der Waals surface area contributed by atoms with E-state index >= 15 is 0 Å². The Morgan fingerprint density at radius 2 is 1.88 bits per heavy atom. The average Bonchev–Trinajstić information content (AvgIpc) is 2.58. The van der Waals surface area contributed by atoms with Gasteiger partial charge in [-0.25, -0.2) is 0 Å². The lowest BCUT2D eigenvalue weighted by atomic mass is 10.0. The van der Waals surface area contributed by atoms with E-state index in [1.807, 2.05) is 25.1 Å². The molecule has 1 N–H and O–H groups in total. The molecule has 1 nitrogen and oxygen atoms in total. The molecule has 1 atom stereocenters. The first-order valence-corrected chi connectivity index (χ1v) is 7.59. The highest BCUT2D eigenvalue weighted by Crippen LogP contribution is 2.38. The van der Waals surface area contributed by atoms with E-state index in [0.29, 0.717) is 0 Å². The van der Waals surface area contributed by atoms with Crippen molar-refractivity contribution in [2.75, 3.05) is 0 Å². The zero-order valence-electron chi connectivity index (χ0n) is 9.50. The Morgan fingerprint density at radius 3 is 2.41 bits per heavy atom. The number of halogens is 2. The first-order valence-electron chi connectivity index (χ1n) is 5.19. The minimum absolute atomic E-state index is 0.553. The predicted octanol–water partition coefficient (Wildman–Crippen LogP) is 4.97. The summed E-state index contributed by atoms with van der Waals surface area (Å²) in [5.41, 5.74) is 3.31. The molecule has 17 heavy (non-hydrogen) atoms. The smallest absolute Gasteiger partial charge is 0.114 e. The standard InChI is InChI=1S/C13H12Br2OS/c1-7-3-4-9(8(2)5-7)12(16)11-6-10(14)13(15)17-11/h3-6,12,16H,1-2H3. The van der Waals surface area contributed by atoms with Gasteiger partial charge in [-0.15, -0.1) is 11.3 Å². The van der Waals surface area contributed by atoms with E-state index in [-0.39, 0.29) is 0 Å². The molecule has 0 saturated heterocycles. The van der Waals surface area contributed by atoms with Crippen molar-refractivity contribution in [3.8, 4) is 0 Å². The van der Waals surface area contributed by atoms with Crippen LogP contribution in [0, 0.1) is 13.8 Å². The Balaban J connectivity index is 2.39. The second kappa shape index (κ2) is 5.22. The van der Waals surface area contributed by atoms with Crippen LogP contribution in [0.15, 0.2) is 32.5 Å². The maximum absolute atomic E-state index is 10.4. The largest absolute Gasteiger partial charge is 0.383 e. The van der Waals surface area contributed by atoms with E-state index in [0.717, 1.165) is 24.3 Å². The van der Waals surface area contributed by atoms with Crippen LogP contribution in [-0.2, 0) is 0 Å². The molecule has 90 valence electrons. The summed E-state index contributed by atoms with van der Waals surface area (Å²) >= 11 is 8.44. The average molecular weight is 376 g/mol. The predicted molar refractivity (Wildman–Crippen MR) is 79.7 cm³/mol. The van der Waals surface area contributed by atoms with Gasteiger partial charge in [-0.3, -0.25) is 0 Å². The van der Waals surface area contributed by atoms with E-state index in [1.54, 1.807) is 11.3 Å². The van der Waals surface area contributed by atoms with Crippen molar-refractivity contribution in [1.82, 2.24) is 0 Å². The Morgan fingerprint density at radius 1 is 1.18 bits per heavy atom. The first kappa shape index (κ1) is 13.3. The van der Waals surface area contributed by atoms with Gasteiger partial charge in [0.15, 0.2) is 0 Å². The minimum Gasteiger partial charge on any atom is -0.383 e. The molecule has 0 aliphatic rings. The quantitative estimate of drug-likeness (QED) is 0.785. The second-order valence-electron chi connectivity index (χ2n) is 4.03. The summed E-state index contributed by atoms with van der Waals surface area (Å²) in [6.07, 6.45) is -0.553. The number of aliphatic hydroxyl groups excluding tert-OH is 1. The van der Waals surface area contributed by atoms with Crippen LogP contribution in [0.2, 0.25) is 0 Å². The zero-order valence-corrected chi connectivity index (χ0v) is 13.5. The lowest BCUT2D eigenvalue weighted by molar-refractivity contribution is 0.223. The number of aliphatic hydroxyl groups is 1. The van der Waals surface area contributed by atoms with E-state index in [1.165, 1.54) is 5.56 Å². The molecule has 0 saturated carbocycles. The maximum atomic E-state index is 10.4. The summed E-state index contributed by atoms with van der Waals surface area (Å²) in [6, 6.07) is 8.08. The summed E-state index contributed by atoms with van der Waals surface area (Å²) in [5.74, 6) is 0. The topological polar surface area (TPSA) is 20.2 Å². The van der Waals surface area contributed by atoms with Gasteiger partial charge in [0.25, 0.3) is 0 Å². The Labute approximate surface area is 122 Å². The summed E-state index contributed by atoms with van der Waals surface area (Å²) in [7, 11) is 0. The Kier molecular flexibility index (Phi) is 4.08. The zero-order chi connectivity index (χ0) is 12.6. The van der Waals surface area contributed by atoms with Crippen LogP contribution in [0.3, 0.4) is 0 Å². The lowest BCUT2D eigenvalue weighted by Gasteiger charge is -2.12. The molecule has 0 aliphatic heterocycles. The van der Waals surface area contributed by atoms with Crippen LogP contribution in [0.4, 0.5) is 0 Å². The third-order valence-electron chi connectivity index (χ3n) is 2.65. The molecule has 1 aromatic heterocycles. The van der Waals surface area contributed by atoms with E-state index in [9.17, 15) is 5.11 Å². The molecule has 0 fully saturated rings. The van der Waals surface area contributed by atoms with Crippen molar-refractivity contribution >= 4 is 43.2 Å². The molecule has 0 spiro atoms. The van der Waals surface area contributed by atoms with E-state index in [2.05, 4.69) is 44.8 Å². The molecule has 0 radical (unpaired) electrons. The maximum Gasteiger partial charge on any atom is 0.114 e. The lowest BCUT2D eigenvalue weighted by Crippen LogP contribution is -2.00. The molecule has 1 aromatic carbocycles. The molecule has 2 rings (SSSR count). The second-order valence-corrected chi connectivity index (χ2v) is 7.29. The number of thiophene rings is 1. The van der Waals surface area contributed by atoms with Crippen LogP contribution in [-0.4, -0.2) is 5.11 Å². The number of hydrogen-bond donors (Lipinski definition) is 1. The molecular formula is C13H12Br2OS. The van der Waals surface area contributed by atoms with Gasteiger partial charge in [0, 0.05) is 9.35 Å². The monoisotopic (exact) mass is 374 g/mol. The van der Waals surface area contributed by atoms with Crippen molar-refractivity contribution in [3.05, 3.63) is 54.1 Å². The van der Waals surface area contributed by atoms with Crippen LogP contribution in [0.1, 0.15) is 27.7 Å². The fourth-order valence-corrected chi connectivity index (χ4v) is 3.88. The third kappa shape index (κ3) is 2.81.